The predicted octanol–water partition coefficient (Wildman–Crippen LogP) is 4.32. The zero-order valence-corrected chi connectivity index (χ0v) is 17.2. The Bertz CT molecular complexity index is 843. The summed E-state index contributed by atoms with van der Waals surface area (Å²) in [6, 6.07) is 0. The van der Waals surface area contributed by atoms with E-state index in [9.17, 15) is 9.59 Å². The van der Waals surface area contributed by atoms with E-state index >= 15 is 0 Å². The van der Waals surface area contributed by atoms with Crippen LogP contribution in [0.3, 0.4) is 0 Å². The lowest BCUT2D eigenvalue weighted by Crippen LogP contribution is -2.19. The maximum atomic E-state index is 12.6. The van der Waals surface area contributed by atoms with Crippen LogP contribution in [0.5, 0.6) is 0 Å². The largest absolute Gasteiger partial charge is 0.465 e. The molecule has 2 aromatic heterocycles. The first-order valence-electron chi connectivity index (χ1n) is 9.37. The Labute approximate surface area is 161 Å². The minimum Gasteiger partial charge on any atom is -0.465 e. The first-order valence-corrected chi connectivity index (χ1v) is 11.1. The number of fused-ring (bicyclic) bond motifs is 3. The fraction of sp³-hybridized carbons (Fsp3) is 0.632. The van der Waals surface area contributed by atoms with Gasteiger partial charge >= 0.3 is 5.97 Å². The summed E-state index contributed by atoms with van der Waals surface area (Å²) in [5, 5.41) is 0.843. The van der Waals surface area contributed by atoms with E-state index in [1.807, 2.05) is 0 Å². The minimum atomic E-state index is -0.396. The van der Waals surface area contributed by atoms with Crippen molar-refractivity contribution in [2.24, 2.45) is 5.92 Å². The van der Waals surface area contributed by atoms with Gasteiger partial charge in [0.1, 0.15) is 10.1 Å². The molecule has 2 aromatic rings. The Morgan fingerprint density at radius 1 is 1.46 bits per heavy atom. The Morgan fingerprint density at radius 2 is 2.27 bits per heavy atom. The van der Waals surface area contributed by atoms with E-state index in [2.05, 4.69) is 23.8 Å². The van der Waals surface area contributed by atoms with E-state index in [1.165, 1.54) is 22.2 Å². The molecule has 7 heteroatoms. The zero-order chi connectivity index (χ0) is 18.7. The molecular formula is C19H26N2O3S2. The molecule has 2 atom stereocenters. The van der Waals surface area contributed by atoms with Crippen LogP contribution >= 0.6 is 23.1 Å². The Kier molecular flexibility index (Phi) is 6.40. The van der Waals surface area contributed by atoms with Crippen LogP contribution in [-0.2, 0) is 22.4 Å². The second-order valence-electron chi connectivity index (χ2n) is 7.04. The highest BCUT2D eigenvalue weighted by Gasteiger charge is 2.24. The zero-order valence-electron chi connectivity index (χ0n) is 15.6. The number of ether oxygens (including phenoxy) is 1. The molecule has 1 N–H and O–H groups in total. The third-order valence-corrected chi connectivity index (χ3v) is 6.87. The van der Waals surface area contributed by atoms with Crippen LogP contribution in [0.15, 0.2) is 9.95 Å². The minimum absolute atomic E-state index is 0.0898. The van der Waals surface area contributed by atoms with Crippen molar-refractivity contribution < 1.29 is 9.53 Å². The predicted molar refractivity (Wildman–Crippen MR) is 107 cm³/mol. The molecular weight excluding hydrogens is 368 g/mol. The maximum absolute atomic E-state index is 12.6. The quantitative estimate of drug-likeness (QED) is 0.328. The molecule has 1 aliphatic rings. The summed E-state index contributed by atoms with van der Waals surface area (Å²) in [5.41, 5.74) is 1.09. The summed E-state index contributed by atoms with van der Waals surface area (Å²) in [5.74, 6) is 0.402. The molecule has 2 heterocycles. The number of hydrogen-bond acceptors (Lipinski definition) is 6. The van der Waals surface area contributed by atoms with Crippen LogP contribution in [0.4, 0.5) is 0 Å². The standard InChI is InChI=1S/C19H26N2O3S2/c1-4-5-6-9-24-18(23)12(3)25-19-20-16(22)15-13-8-7-11(2)10-14(13)26-17(15)21-19/h11-12H,4-10H2,1-3H3,(H,20,21,22)/t11-,12+/m0/s1. The molecule has 5 nitrogen and oxygen atoms in total. The van der Waals surface area contributed by atoms with Gasteiger partial charge in [-0.3, -0.25) is 9.59 Å². The number of carbonyl (C=O) groups is 1. The van der Waals surface area contributed by atoms with Crippen molar-refractivity contribution in [3.63, 3.8) is 0 Å². The van der Waals surface area contributed by atoms with Gasteiger partial charge in [0.15, 0.2) is 5.16 Å². The molecule has 0 fully saturated rings. The SMILES string of the molecule is CCCCCOC(=O)[C@@H](C)Sc1nc2sc3c(c2c(=O)[nH]1)CC[C@H](C)C3. The fourth-order valence-corrected chi connectivity index (χ4v) is 5.48. The van der Waals surface area contributed by atoms with Crippen molar-refractivity contribution in [3.8, 4) is 0 Å². The van der Waals surface area contributed by atoms with Crippen molar-refractivity contribution in [2.45, 2.75) is 69.7 Å². The van der Waals surface area contributed by atoms with Crippen molar-refractivity contribution in [1.82, 2.24) is 9.97 Å². The van der Waals surface area contributed by atoms with Gasteiger partial charge in [-0.1, -0.05) is 38.5 Å². The van der Waals surface area contributed by atoms with Crippen LogP contribution < -0.4 is 5.56 Å². The average Bonchev–Trinajstić information content (AvgIpc) is 2.96. The number of unbranched alkanes of at least 4 members (excludes halogenated alkanes) is 2. The molecule has 1 aliphatic carbocycles. The molecule has 0 spiro atoms. The van der Waals surface area contributed by atoms with Gasteiger partial charge in [-0.25, -0.2) is 4.98 Å². The van der Waals surface area contributed by atoms with Crippen molar-refractivity contribution >= 4 is 39.3 Å². The molecule has 0 saturated carbocycles. The number of carbonyl (C=O) groups excluding carboxylic acids is 1. The normalized spacial score (nSPS) is 17.9. The molecule has 0 aromatic carbocycles. The van der Waals surface area contributed by atoms with Gasteiger partial charge in [0.2, 0.25) is 0 Å². The number of hydrogen-bond donors (Lipinski definition) is 1. The lowest BCUT2D eigenvalue weighted by atomic mass is 9.89. The summed E-state index contributed by atoms with van der Waals surface area (Å²) in [4.78, 5) is 34.2. The lowest BCUT2D eigenvalue weighted by molar-refractivity contribution is -0.142. The number of nitrogens with one attached hydrogen (secondary N) is 1. The Hall–Kier alpha value is -1.34. The molecule has 0 amide bonds. The van der Waals surface area contributed by atoms with Crippen molar-refractivity contribution in [2.75, 3.05) is 6.61 Å². The third-order valence-electron chi connectivity index (χ3n) is 4.76. The summed E-state index contributed by atoms with van der Waals surface area (Å²) in [6.45, 7) is 6.61. The molecule has 3 rings (SSSR count). The summed E-state index contributed by atoms with van der Waals surface area (Å²) < 4.78 is 5.30. The van der Waals surface area contributed by atoms with Gasteiger partial charge in [-0.15, -0.1) is 11.3 Å². The van der Waals surface area contributed by atoms with E-state index < -0.39 is 5.25 Å². The summed E-state index contributed by atoms with van der Waals surface area (Å²) in [7, 11) is 0. The van der Waals surface area contributed by atoms with Crippen LogP contribution in [0.25, 0.3) is 10.2 Å². The first-order chi connectivity index (χ1) is 12.5. The number of thiophene rings is 1. The number of rotatable bonds is 7. The molecule has 0 aliphatic heterocycles. The summed E-state index contributed by atoms with van der Waals surface area (Å²) in [6.07, 6.45) is 6.14. The molecule has 26 heavy (non-hydrogen) atoms. The van der Waals surface area contributed by atoms with Crippen molar-refractivity contribution in [3.05, 3.63) is 20.8 Å². The van der Waals surface area contributed by atoms with E-state index in [1.54, 1.807) is 18.3 Å². The van der Waals surface area contributed by atoms with Crippen LogP contribution in [0.1, 0.15) is 56.9 Å². The second kappa shape index (κ2) is 8.57. The van der Waals surface area contributed by atoms with Gasteiger partial charge in [0, 0.05) is 4.88 Å². The number of thioether (sulfide) groups is 1. The fourth-order valence-electron chi connectivity index (χ4n) is 3.24. The number of aromatic amines is 1. The second-order valence-corrected chi connectivity index (χ2v) is 9.45. The molecule has 0 unspecified atom stereocenters. The van der Waals surface area contributed by atoms with E-state index in [0.29, 0.717) is 17.7 Å². The van der Waals surface area contributed by atoms with Crippen molar-refractivity contribution in [1.29, 1.82) is 0 Å². The first kappa shape index (κ1) is 19.4. The lowest BCUT2D eigenvalue weighted by Gasteiger charge is -2.17. The number of aryl methyl sites for hydroxylation is 1. The Morgan fingerprint density at radius 3 is 3.04 bits per heavy atom. The monoisotopic (exact) mass is 394 g/mol. The number of aromatic nitrogens is 2. The van der Waals surface area contributed by atoms with E-state index in [4.69, 9.17) is 4.74 Å². The third kappa shape index (κ3) is 4.31. The highest BCUT2D eigenvalue weighted by atomic mass is 32.2. The van der Waals surface area contributed by atoms with Crippen LogP contribution in [-0.4, -0.2) is 27.8 Å². The van der Waals surface area contributed by atoms with Gasteiger partial charge < -0.3 is 9.72 Å². The van der Waals surface area contributed by atoms with Gasteiger partial charge in [0.05, 0.1) is 12.0 Å². The summed E-state index contributed by atoms with van der Waals surface area (Å²) >= 11 is 2.88. The smallest absolute Gasteiger partial charge is 0.319 e. The molecule has 0 radical (unpaired) electrons. The van der Waals surface area contributed by atoms with E-state index in [0.717, 1.165) is 48.7 Å². The number of H-pyrrole nitrogens is 1. The molecule has 0 saturated heterocycles. The highest BCUT2D eigenvalue weighted by molar-refractivity contribution is 8.00. The number of esters is 1. The van der Waals surface area contributed by atoms with Crippen LogP contribution in [0, 0.1) is 5.92 Å². The van der Waals surface area contributed by atoms with Gasteiger partial charge in [-0.2, -0.15) is 0 Å². The number of nitrogens with zero attached hydrogens (tertiary/aromatic N) is 1. The molecule has 142 valence electrons. The van der Waals surface area contributed by atoms with E-state index in [-0.39, 0.29) is 11.5 Å². The maximum Gasteiger partial charge on any atom is 0.319 e. The molecule has 0 bridgehead atoms. The van der Waals surface area contributed by atoms with Crippen LogP contribution in [0.2, 0.25) is 0 Å². The van der Waals surface area contributed by atoms with Gasteiger partial charge in [0.25, 0.3) is 5.56 Å². The average molecular weight is 395 g/mol. The van der Waals surface area contributed by atoms with Gasteiger partial charge in [-0.05, 0) is 44.1 Å². The topological polar surface area (TPSA) is 72.0 Å². The highest BCUT2D eigenvalue weighted by Crippen LogP contribution is 2.36. The Balaban J connectivity index is 1.73.